The number of carbonyl (C=O) groups is 2. The summed E-state index contributed by atoms with van der Waals surface area (Å²) in [5.74, 6) is -2.00. The summed E-state index contributed by atoms with van der Waals surface area (Å²) in [6, 6.07) is 2.72. The first-order valence-corrected chi connectivity index (χ1v) is 6.41. The predicted molar refractivity (Wildman–Crippen MR) is 70.6 cm³/mol. The molecule has 0 amide bonds. The molecule has 7 heteroatoms. The average molecular weight is 284 g/mol. The van der Waals surface area contributed by atoms with Crippen molar-refractivity contribution in [1.82, 2.24) is 10.1 Å². The first-order chi connectivity index (χ1) is 9.31. The van der Waals surface area contributed by atoms with E-state index in [1.807, 2.05) is 6.92 Å². The number of carboxylic acid groups (broad SMARTS) is 2. The van der Waals surface area contributed by atoms with Crippen LogP contribution in [0.3, 0.4) is 0 Å². The molecule has 112 valence electrons. The maximum absolute atomic E-state index is 9.10. The third-order valence-corrected chi connectivity index (χ3v) is 3.44. The van der Waals surface area contributed by atoms with Crippen LogP contribution in [0.1, 0.15) is 37.1 Å². The molecule has 2 rings (SSSR count). The minimum atomic E-state index is -1.82. The SMILES string of the molecule is Cc1cc(C2CCN(C)C(C)C2)on1.O=C(O)C(=O)O. The molecule has 0 spiro atoms. The van der Waals surface area contributed by atoms with E-state index in [9.17, 15) is 0 Å². The molecule has 1 aromatic heterocycles. The third kappa shape index (κ3) is 4.65. The summed E-state index contributed by atoms with van der Waals surface area (Å²) < 4.78 is 5.32. The van der Waals surface area contributed by atoms with E-state index in [2.05, 4.69) is 30.1 Å². The van der Waals surface area contributed by atoms with Gasteiger partial charge in [-0.15, -0.1) is 0 Å². The summed E-state index contributed by atoms with van der Waals surface area (Å²) in [5, 5.41) is 18.7. The highest BCUT2D eigenvalue weighted by Crippen LogP contribution is 2.30. The van der Waals surface area contributed by atoms with Crippen LogP contribution in [-0.4, -0.2) is 51.8 Å². The second-order valence-corrected chi connectivity index (χ2v) is 5.03. The smallest absolute Gasteiger partial charge is 0.414 e. The lowest BCUT2D eigenvalue weighted by Crippen LogP contribution is -2.36. The van der Waals surface area contributed by atoms with Gasteiger partial charge in [0.2, 0.25) is 0 Å². The highest BCUT2D eigenvalue weighted by atomic mass is 16.5. The summed E-state index contributed by atoms with van der Waals surface area (Å²) in [6.45, 7) is 5.41. The van der Waals surface area contributed by atoms with Crippen molar-refractivity contribution in [2.75, 3.05) is 13.6 Å². The van der Waals surface area contributed by atoms with Gasteiger partial charge in [0.15, 0.2) is 0 Å². The maximum Gasteiger partial charge on any atom is 0.414 e. The summed E-state index contributed by atoms with van der Waals surface area (Å²) in [7, 11) is 2.19. The Bertz CT molecular complexity index is 459. The molecule has 2 unspecified atom stereocenters. The van der Waals surface area contributed by atoms with Crippen molar-refractivity contribution in [2.24, 2.45) is 0 Å². The number of hydrogen-bond donors (Lipinski definition) is 2. The third-order valence-electron chi connectivity index (χ3n) is 3.44. The van der Waals surface area contributed by atoms with Crippen molar-refractivity contribution >= 4 is 11.9 Å². The lowest BCUT2D eigenvalue weighted by molar-refractivity contribution is -0.159. The van der Waals surface area contributed by atoms with Gasteiger partial charge in [0.05, 0.1) is 5.69 Å². The summed E-state index contributed by atoms with van der Waals surface area (Å²) >= 11 is 0. The van der Waals surface area contributed by atoms with Crippen LogP contribution in [-0.2, 0) is 9.59 Å². The molecule has 0 aliphatic carbocycles. The van der Waals surface area contributed by atoms with Gasteiger partial charge in [0, 0.05) is 18.0 Å². The minimum absolute atomic E-state index is 0.572. The van der Waals surface area contributed by atoms with Gasteiger partial charge in [-0.3, -0.25) is 0 Å². The molecule has 1 aliphatic heterocycles. The van der Waals surface area contributed by atoms with E-state index in [1.54, 1.807) is 0 Å². The zero-order chi connectivity index (χ0) is 15.3. The maximum atomic E-state index is 9.10. The average Bonchev–Trinajstić information content (AvgIpc) is 2.80. The molecule has 1 fully saturated rings. The lowest BCUT2D eigenvalue weighted by Gasteiger charge is -2.33. The zero-order valence-corrected chi connectivity index (χ0v) is 11.9. The first kappa shape index (κ1) is 16.2. The summed E-state index contributed by atoms with van der Waals surface area (Å²) in [5.41, 5.74) is 0.992. The van der Waals surface area contributed by atoms with Crippen molar-refractivity contribution < 1.29 is 24.3 Å². The molecule has 1 aromatic rings. The number of aromatic nitrogens is 1. The largest absolute Gasteiger partial charge is 0.473 e. The van der Waals surface area contributed by atoms with Crippen LogP contribution < -0.4 is 0 Å². The number of piperidine rings is 1. The van der Waals surface area contributed by atoms with Crippen LogP contribution in [0, 0.1) is 6.92 Å². The Morgan fingerprint density at radius 2 is 2.00 bits per heavy atom. The van der Waals surface area contributed by atoms with Gasteiger partial charge in [-0.1, -0.05) is 5.16 Å². The van der Waals surface area contributed by atoms with Crippen LogP contribution in [0.2, 0.25) is 0 Å². The van der Waals surface area contributed by atoms with Crippen LogP contribution in [0.15, 0.2) is 10.6 Å². The summed E-state index contributed by atoms with van der Waals surface area (Å²) in [4.78, 5) is 20.6. The van der Waals surface area contributed by atoms with Gasteiger partial charge in [0.25, 0.3) is 0 Å². The van der Waals surface area contributed by atoms with Crippen LogP contribution >= 0.6 is 0 Å². The molecule has 2 atom stereocenters. The highest BCUT2D eigenvalue weighted by molar-refractivity contribution is 6.27. The molecule has 2 N–H and O–H groups in total. The molecule has 20 heavy (non-hydrogen) atoms. The monoisotopic (exact) mass is 284 g/mol. The molecule has 2 heterocycles. The van der Waals surface area contributed by atoms with Crippen molar-refractivity contribution in [3.8, 4) is 0 Å². The van der Waals surface area contributed by atoms with Crippen LogP contribution in [0.4, 0.5) is 0 Å². The molecular formula is C13H20N2O5. The van der Waals surface area contributed by atoms with Crippen molar-refractivity contribution in [3.05, 3.63) is 17.5 Å². The van der Waals surface area contributed by atoms with E-state index in [4.69, 9.17) is 24.3 Å². The molecular weight excluding hydrogens is 264 g/mol. The van der Waals surface area contributed by atoms with E-state index < -0.39 is 11.9 Å². The van der Waals surface area contributed by atoms with Crippen molar-refractivity contribution in [2.45, 2.75) is 38.6 Å². The van der Waals surface area contributed by atoms with Gasteiger partial charge >= 0.3 is 11.9 Å². The molecule has 0 aromatic carbocycles. The fraction of sp³-hybridized carbons (Fsp3) is 0.615. The molecule has 1 aliphatic rings. The Morgan fingerprint density at radius 3 is 2.40 bits per heavy atom. The van der Waals surface area contributed by atoms with Crippen molar-refractivity contribution in [3.63, 3.8) is 0 Å². The first-order valence-electron chi connectivity index (χ1n) is 6.41. The Hall–Kier alpha value is -1.89. The predicted octanol–water partition coefficient (Wildman–Crippen LogP) is 1.34. The van der Waals surface area contributed by atoms with Gasteiger partial charge < -0.3 is 19.6 Å². The van der Waals surface area contributed by atoms with Crippen LogP contribution in [0.5, 0.6) is 0 Å². The highest BCUT2D eigenvalue weighted by Gasteiger charge is 2.26. The fourth-order valence-corrected chi connectivity index (χ4v) is 2.12. The van der Waals surface area contributed by atoms with Gasteiger partial charge in [-0.25, -0.2) is 9.59 Å². The van der Waals surface area contributed by atoms with E-state index in [0.717, 1.165) is 18.0 Å². The molecule has 0 saturated carbocycles. The van der Waals surface area contributed by atoms with Gasteiger partial charge in [0.1, 0.15) is 5.76 Å². The lowest BCUT2D eigenvalue weighted by atomic mass is 9.90. The van der Waals surface area contributed by atoms with E-state index >= 15 is 0 Å². The fourth-order valence-electron chi connectivity index (χ4n) is 2.12. The molecule has 0 radical (unpaired) electrons. The number of likely N-dealkylation sites (tertiary alicyclic amines) is 1. The Kier molecular flexibility index (Phi) is 5.69. The molecule has 0 bridgehead atoms. The summed E-state index contributed by atoms with van der Waals surface area (Å²) in [6.07, 6.45) is 2.38. The topological polar surface area (TPSA) is 104 Å². The van der Waals surface area contributed by atoms with E-state index in [-0.39, 0.29) is 0 Å². The number of aryl methyl sites for hydroxylation is 1. The van der Waals surface area contributed by atoms with Crippen molar-refractivity contribution in [1.29, 1.82) is 0 Å². The number of nitrogens with zero attached hydrogens (tertiary/aromatic N) is 2. The van der Waals surface area contributed by atoms with Gasteiger partial charge in [-0.2, -0.15) is 0 Å². The van der Waals surface area contributed by atoms with Crippen LogP contribution in [0.25, 0.3) is 0 Å². The standard InChI is InChI=1S/C11H18N2O.C2H2O4/c1-8-6-11(14-12-8)10-4-5-13(3)9(2)7-10;3-1(4)2(5)6/h6,9-10H,4-5,7H2,1-3H3;(H,3,4)(H,5,6). The second-order valence-electron chi connectivity index (χ2n) is 5.03. The second kappa shape index (κ2) is 7.04. The number of hydrogen-bond acceptors (Lipinski definition) is 5. The molecule has 1 saturated heterocycles. The zero-order valence-electron chi connectivity index (χ0n) is 11.9. The van der Waals surface area contributed by atoms with E-state index in [1.165, 1.54) is 12.8 Å². The Morgan fingerprint density at radius 1 is 1.40 bits per heavy atom. The normalized spacial score (nSPS) is 22.8. The molecule has 7 nitrogen and oxygen atoms in total. The van der Waals surface area contributed by atoms with Gasteiger partial charge in [-0.05, 0) is 40.3 Å². The number of rotatable bonds is 1. The van der Waals surface area contributed by atoms with E-state index in [0.29, 0.717) is 12.0 Å². The quantitative estimate of drug-likeness (QED) is 0.750. The Labute approximate surface area is 117 Å². The number of carboxylic acids is 2. The minimum Gasteiger partial charge on any atom is -0.473 e. The Balaban J connectivity index is 0.000000286. The number of aliphatic carboxylic acids is 2.